The average molecular weight is 886 g/mol. The minimum absolute atomic E-state index is 0.0803. The molecule has 2 aliphatic carbocycles. The van der Waals surface area contributed by atoms with Crippen LogP contribution in [-0.4, -0.2) is 82.1 Å². The molecule has 0 fully saturated rings. The number of amides is 2. The number of carboxylic acid groups (broad SMARTS) is 1. The van der Waals surface area contributed by atoms with Crippen molar-refractivity contribution in [3.8, 4) is 0 Å². The van der Waals surface area contributed by atoms with Crippen molar-refractivity contribution >= 4 is 47.9 Å². The van der Waals surface area contributed by atoms with Gasteiger partial charge < -0.3 is 31.3 Å². The first-order chi connectivity index (χ1) is 29.4. The van der Waals surface area contributed by atoms with Gasteiger partial charge in [-0.1, -0.05) is 135 Å². The number of carbonyl (C=O) groups excluding carboxylic acids is 5. The smallest absolute Gasteiger partial charge is 0.326 e. The zero-order valence-corrected chi connectivity index (χ0v) is 39.3. The number of esters is 1. The molecular formula is C50H67N3O9S. The highest BCUT2D eigenvalue weighted by atomic mass is 32.1. The van der Waals surface area contributed by atoms with Crippen molar-refractivity contribution in [3.63, 3.8) is 0 Å². The molecule has 0 aromatic heterocycles. The molecule has 0 aromatic carbocycles. The van der Waals surface area contributed by atoms with Crippen LogP contribution in [-0.2, 0) is 33.5 Å². The zero-order valence-electron chi connectivity index (χ0n) is 38.4. The van der Waals surface area contributed by atoms with Crippen molar-refractivity contribution < 1.29 is 43.7 Å². The summed E-state index contributed by atoms with van der Waals surface area (Å²) < 4.78 is 5.50. The second-order valence-corrected chi connectivity index (χ2v) is 17.8. The predicted molar refractivity (Wildman–Crippen MR) is 252 cm³/mol. The number of nitrogens with one attached hydrogen (secondary N) is 2. The van der Waals surface area contributed by atoms with Crippen LogP contribution in [0.3, 0.4) is 0 Å². The Labute approximate surface area is 378 Å². The van der Waals surface area contributed by atoms with Crippen LogP contribution in [0.2, 0.25) is 0 Å². The summed E-state index contributed by atoms with van der Waals surface area (Å²) in [6, 6.07) is -2.30. The average Bonchev–Trinajstić information content (AvgIpc) is 3.20. The van der Waals surface area contributed by atoms with E-state index in [4.69, 9.17) is 15.6 Å². The molecule has 0 saturated carbocycles. The number of rotatable bonds is 20. The Kier molecular flexibility index (Phi) is 21.4. The summed E-state index contributed by atoms with van der Waals surface area (Å²) >= 11 is 4.08. The second-order valence-electron chi connectivity index (χ2n) is 17.4. The van der Waals surface area contributed by atoms with Gasteiger partial charge in [0.1, 0.15) is 24.7 Å². The standard InChI is InChI=1S/C50H67N3O9S/c1-31(17-13-19-33(3)21-23-37-35(5)45(57)41(54)27-49(37,7)8)15-11-12-16-32(2)18-14-20-34(4)22-24-38-36(6)46(58)42(28-50(38,9)10)62-44(56)29-52-47(59)40(30-63)53-43(55)26-25-39(51)48(60)61/h11-24,39-42,54,63H,25-30,51H2,1-10H3,(H,52,59)(H,53,55)(H,60,61)/b12-11+,17-13+,18-14+,23-21+,24-22+,31-15+,32-16+,33-19+,34-20+. The zero-order chi connectivity index (χ0) is 47.7. The van der Waals surface area contributed by atoms with Gasteiger partial charge in [0.25, 0.3) is 0 Å². The van der Waals surface area contributed by atoms with Gasteiger partial charge in [0.15, 0.2) is 17.7 Å². The lowest BCUT2D eigenvalue weighted by Gasteiger charge is -2.36. The highest BCUT2D eigenvalue weighted by Gasteiger charge is 2.40. The van der Waals surface area contributed by atoms with Crippen LogP contribution in [0, 0.1) is 10.8 Å². The third-order valence-electron chi connectivity index (χ3n) is 10.8. The number of nitrogens with two attached hydrogens (primary N) is 1. The van der Waals surface area contributed by atoms with Gasteiger partial charge >= 0.3 is 11.9 Å². The monoisotopic (exact) mass is 885 g/mol. The highest BCUT2D eigenvalue weighted by molar-refractivity contribution is 7.80. The minimum Gasteiger partial charge on any atom is -0.480 e. The van der Waals surface area contributed by atoms with E-state index in [2.05, 4.69) is 23.3 Å². The van der Waals surface area contributed by atoms with Gasteiger partial charge in [-0.3, -0.25) is 28.8 Å². The van der Waals surface area contributed by atoms with E-state index in [1.807, 2.05) is 140 Å². The minimum atomic E-state index is -1.24. The van der Waals surface area contributed by atoms with E-state index in [0.717, 1.165) is 33.4 Å². The Balaban J connectivity index is 1.94. The molecule has 63 heavy (non-hydrogen) atoms. The normalized spacial score (nSPS) is 21.3. The summed E-state index contributed by atoms with van der Waals surface area (Å²) in [6.07, 6.45) is 26.1. The predicted octanol–water partition coefficient (Wildman–Crippen LogP) is 7.18. The van der Waals surface area contributed by atoms with Gasteiger partial charge in [-0.25, -0.2) is 0 Å². The molecule has 0 heterocycles. The summed E-state index contributed by atoms with van der Waals surface area (Å²) in [7, 11) is 0. The molecule has 6 N–H and O–H groups in total. The van der Waals surface area contributed by atoms with Gasteiger partial charge in [-0.15, -0.1) is 0 Å². The van der Waals surface area contributed by atoms with Gasteiger partial charge in [0, 0.05) is 18.6 Å². The van der Waals surface area contributed by atoms with Gasteiger partial charge in [-0.2, -0.15) is 12.6 Å². The van der Waals surface area contributed by atoms with Crippen LogP contribution in [0.4, 0.5) is 0 Å². The number of carbonyl (C=O) groups is 6. The number of hydrogen-bond acceptors (Lipinski definition) is 10. The fraction of sp³-hybridized carbons (Fsp3) is 0.440. The molecule has 0 radical (unpaired) electrons. The summed E-state index contributed by atoms with van der Waals surface area (Å²) in [4.78, 5) is 74.0. The van der Waals surface area contributed by atoms with Crippen LogP contribution < -0.4 is 16.4 Å². The third kappa shape index (κ3) is 17.7. The quantitative estimate of drug-likeness (QED) is 0.0413. The summed E-state index contributed by atoms with van der Waals surface area (Å²) in [5, 5.41) is 23.8. The third-order valence-corrected chi connectivity index (χ3v) is 11.2. The Morgan fingerprint density at radius 2 is 1.24 bits per heavy atom. The van der Waals surface area contributed by atoms with Gasteiger partial charge in [0.2, 0.25) is 11.8 Å². The van der Waals surface area contributed by atoms with E-state index in [0.29, 0.717) is 17.6 Å². The second kappa shape index (κ2) is 25.1. The van der Waals surface area contributed by atoms with E-state index < -0.39 is 60.0 Å². The maximum absolute atomic E-state index is 13.3. The van der Waals surface area contributed by atoms with Crippen LogP contribution in [0.15, 0.2) is 130 Å². The summed E-state index contributed by atoms with van der Waals surface area (Å²) in [5.41, 5.74) is 11.7. The Morgan fingerprint density at radius 1 is 0.778 bits per heavy atom. The van der Waals surface area contributed by atoms with Crippen LogP contribution in [0.1, 0.15) is 94.9 Å². The first-order valence-electron chi connectivity index (χ1n) is 21.0. The van der Waals surface area contributed by atoms with E-state index in [-0.39, 0.29) is 42.0 Å². The number of ketones is 2. The van der Waals surface area contributed by atoms with Crippen LogP contribution >= 0.6 is 12.6 Å². The Bertz CT molecular complexity index is 2100. The van der Waals surface area contributed by atoms with Crippen molar-refractivity contribution in [1.29, 1.82) is 0 Å². The highest BCUT2D eigenvalue weighted by Crippen LogP contribution is 2.41. The van der Waals surface area contributed by atoms with Crippen molar-refractivity contribution in [2.45, 2.75) is 119 Å². The number of aliphatic carboxylic acids is 1. The number of thiol groups is 1. The lowest BCUT2D eigenvalue weighted by Crippen LogP contribution is -2.49. The summed E-state index contributed by atoms with van der Waals surface area (Å²) in [5.74, 6) is -3.94. The fourth-order valence-corrected chi connectivity index (χ4v) is 7.30. The molecule has 2 amide bonds. The molecule has 0 aromatic rings. The van der Waals surface area contributed by atoms with E-state index in [1.165, 1.54) is 0 Å². The molecule has 12 nitrogen and oxygen atoms in total. The van der Waals surface area contributed by atoms with Crippen molar-refractivity contribution in [1.82, 2.24) is 10.6 Å². The number of hydrogen-bond donors (Lipinski definition) is 6. The van der Waals surface area contributed by atoms with Crippen molar-refractivity contribution in [3.05, 3.63) is 130 Å². The number of Topliss-reactive ketones (excluding diaryl/α,β-unsaturated/α-hetero) is 2. The SMILES string of the molecule is CC1=C(/C=C/C(C)=C/C=C/C(C)=C/C=C/C=C(C)/C=C/C=C(C)/C=C/C2=C(C)C(=O)C(OC(=O)CNC(=O)C(CS)NC(=O)CCC(N)C(=O)O)CC2(C)C)C(C)(C)CC(O)C1=O. The Morgan fingerprint density at radius 3 is 1.73 bits per heavy atom. The molecule has 0 bridgehead atoms. The van der Waals surface area contributed by atoms with E-state index >= 15 is 0 Å². The molecule has 2 aliphatic rings. The first kappa shape index (κ1) is 53.8. The number of allylic oxidation sites excluding steroid dienone is 20. The van der Waals surface area contributed by atoms with Crippen LogP contribution in [0.25, 0.3) is 0 Å². The number of aliphatic hydroxyl groups is 1. The first-order valence-corrected chi connectivity index (χ1v) is 21.7. The number of aliphatic hydroxyl groups excluding tert-OH is 1. The number of ether oxygens (including phenoxy) is 1. The molecule has 4 unspecified atom stereocenters. The fourth-order valence-electron chi connectivity index (χ4n) is 7.04. The maximum Gasteiger partial charge on any atom is 0.326 e. The summed E-state index contributed by atoms with van der Waals surface area (Å²) in [6.45, 7) is 19.0. The topological polar surface area (TPSA) is 202 Å². The van der Waals surface area contributed by atoms with Gasteiger partial charge in [-0.05, 0) is 87.5 Å². The molecule has 13 heteroatoms. The largest absolute Gasteiger partial charge is 0.480 e. The van der Waals surface area contributed by atoms with Gasteiger partial charge in [0.05, 0.1) is 0 Å². The molecule has 4 atom stereocenters. The van der Waals surface area contributed by atoms with E-state index in [9.17, 15) is 33.9 Å². The molecule has 0 aliphatic heterocycles. The lowest BCUT2D eigenvalue weighted by molar-refractivity contribution is -0.155. The molecule has 0 spiro atoms. The maximum atomic E-state index is 13.3. The molecular weight excluding hydrogens is 819 g/mol. The lowest BCUT2D eigenvalue weighted by atomic mass is 9.71. The molecule has 2 rings (SSSR count). The molecule has 342 valence electrons. The van der Waals surface area contributed by atoms with Crippen molar-refractivity contribution in [2.24, 2.45) is 16.6 Å². The van der Waals surface area contributed by atoms with E-state index in [1.54, 1.807) is 13.8 Å². The number of carboxylic acids is 1. The van der Waals surface area contributed by atoms with Crippen LogP contribution in [0.5, 0.6) is 0 Å². The Hall–Kier alpha value is -5.37. The van der Waals surface area contributed by atoms with Crippen molar-refractivity contribution in [2.75, 3.05) is 12.3 Å². The molecule has 0 saturated heterocycles.